The number of hydrogen-bond acceptors (Lipinski definition) is 2. The van der Waals surface area contributed by atoms with Gasteiger partial charge in [-0.3, -0.25) is 0 Å². The van der Waals surface area contributed by atoms with Crippen LogP contribution in [0.15, 0.2) is 36.0 Å². The summed E-state index contributed by atoms with van der Waals surface area (Å²) >= 11 is 0. The fourth-order valence-electron chi connectivity index (χ4n) is 4.08. The Balaban J connectivity index is 1.73. The van der Waals surface area contributed by atoms with E-state index >= 15 is 0 Å². The highest BCUT2D eigenvalue weighted by atomic mass is 16.3. The SMILES string of the molecule is C=C1C[C@H]2C[C@@H](O)[C@H](/C=C/[C@@H](O)CCCCC=C(C)C)[C@@H]2C1. The molecule has 0 aromatic heterocycles. The van der Waals surface area contributed by atoms with E-state index in [2.05, 4.69) is 32.6 Å². The molecule has 2 heteroatoms. The summed E-state index contributed by atoms with van der Waals surface area (Å²) in [5.74, 6) is 1.37. The topological polar surface area (TPSA) is 40.5 Å². The first-order valence-corrected chi connectivity index (χ1v) is 8.82. The molecule has 0 aliphatic heterocycles. The molecule has 2 rings (SSSR count). The summed E-state index contributed by atoms with van der Waals surface area (Å²) in [6.07, 6.45) is 12.8. The third-order valence-electron chi connectivity index (χ3n) is 5.23. The van der Waals surface area contributed by atoms with Crippen molar-refractivity contribution in [1.29, 1.82) is 0 Å². The van der Waals surface area contributed by atoms with Crippen LogP contribution in [0.5, 0.6) is 0 Å². The van der Waals surface area contributed by atoms with Crippen molar-refractivity contribution in [2.45, 2.75) is 71.0 Å². The maximum absolute atomic E-state index is 10.2. The van der Waals surface area contributed by atoms with Crippen LogP contribution < -0.4 is 0 Å². The van der Waals surface area contributed by atoms with Gasteiger partial charge in [-0.2, -0.15) is 0 Å². The Morgan fingerprint density at radius 3 is 2.82 bits per heavy atom. The minimum atomic E-state index is -0.373. The standard InChI is InChI=1S/C20H32O2/c1-14(2)7-5-4-6-8-17(21)9-10-18-19-12-15(3)11-16(19)13-20(18)22/h7,9-10,16-22H,3-6,8,11-13H2,1-2H3/b10-9+/t16-,17-,18+,19+,20+/m0/s1. The average molecular weight is 304 g/mol. The number of fused-ring (bicyclic) bond motifs is 1. The van der Waals surface area contributed by atoms with Gasteiger partial charge >= 0.3 is 0 Å². The molecule has 2 N–H and O–H groups in total. The molecule has 0 radical (unpaired) electrons. The van der Waals surface area contributed by atoms with E-state index in [0.717, 1.165) is 44.9 Å². The Labute approximate surface area is 135 Å². The van der Waals surface area contributed by atoms with Gasteiger partial charge in [-0.1, -0.05) is 42.4 Å². The zero-order valence-electron chi connectivity index (χ0n) is 14.2. The summed E-state index contributed by atoms with van der Waals surface area (Å²) in [6.45, 7) is 8.34. The van der Waals surface area contributed by atoms with E-state index in [1.54, 1.807) is 0 Å². The molecule has 0 heterocycles. The quantitative estimate of drug-likeness (QED) is 0.541. The summed E-state index contributed by atoms with van der Waals surface area (Å²) in [7, 11) is 0. The second kappa shape index (κ2) is 8.12. The van der Waals surface area contributed by atoms with Gasteiger partial charge in [-0.15, -0.1) is 0 Å². The maximum Gasteiger partial charge on any atom is 0.0721 e. The Morgan fingerprint density at radius 1 is 1.32 bits per heavy atom. The maximum atomic E-state index is 10.2. The predicted molar refractivity (Wildman–Crippen MR) is 92.5 cm³/mol. The summed E-state index contributed by atoms with van der Waals surface area (Å²) in [5.41, 5.74) is 2.70. The number of rotatable bonds is 7. The van der Waals surface area contributed by atoms with E-state index < -0.39 is 0 Å². The molecule has 2 aliphatic rings. The first-order chi connectivity index (χ1) is 10.5. The van der Waals surface area contributed by atoms with Gasteiger partial charge < -0.3 is 10.2 Å². The third kappa shape index (κ3) is 4.82. The Kier molecular flexibility index (Phi) is 6.46. The Morgan fingerprint density at radius 2 is 2.09 bits per heavy atom. The molecular formula is C20H32O2. The molecule has 2 fully saturated rings. The minimum absolute atomic E-state index is 0.213. The number of aliphatic hydroxyl groups is 2. The van der Waals surface area contributed by atoms with E-state index in [-0.39, 0.29) is 18.1 Å². The van der Waals surface area contributed by atoms with Crippen molar-refractivity contribution in [3.63, 3.8) is 0 Å². The first kappa shape index (κ1) is 17.5. The first-order valence-electron chi connectivity index (χ1n) is 8.82. The molecule has 0 unspecified atom stereocenters. The van der Waals surface area contributed by atoms with Crippen LogP contribution in [0, 0.1) is 17.8 Å². The van der Waals surface area contributed by atoms with Crippen LogP contribution in [-0.2, 0) is 0 Å². The van der Waals surface area contributed by atoms with Crippen LogP contribution in [0.2, 0.25) is 0 Å². The van der Waals surface area contributed by atoms with Crippen molar-refractivity contribution in [3.8, 4) is 0 Å². The average Bonchev–Trinajstić information content (AvgIpc) is 2.91. The molecule has 0 spiro atoms. The number of aliphatic hydroxyl groups excluding tert-OH is 2. The van der Waals surface area contributed by atoms with E-state index in [1.807, 2.05) is 6.08 Å². The van der Waals surface area contributed by atoms with E-state index in [4.69, 9.17) is 0 Å². The molecule has 2 saturated carbocycles. The second-order valence-corrected chi connectivity index (χ2v) is 7.48. The molecule has 22 heavy (non-hydrogen) atoms. The van der Waals surface area contributed by atoms with Crippen LogP contribution in [0.4, 0.5) is 0 Å². The summed E-state index contributed by atoms with van der Waals surface area (Å²) in [5, 5.41) is 20.3. The molecular weight excluding hydrogens is 272 g/mol. The predicted octanol–water partition coefficient (Wildman–Crippen LogP) is 4.39. The lowest BCUT2D eigenvalue weighted by atomic mass is 9.90. The molecule has 0 bridgehead atoms. The zero-order valence-corrected chi connectivity index (χ0v) is 14.2. The number of unbranched alkanes of at least 4 members (excludes halogenated alkanes) is 2. The molecule has 5 atom stereocenters. The van der Waals surface area contributed by atoms with Gasteiger partial charge in [0.2, 0.25) is 0 Å². The summed E-state index contributed by atoms with van der Waals surface area (Å²) in [6, 6.07) is 0. The van der Waals surface area contributed by atoms with Crippen LogP contribution in [0.3, 0.4) is 0 Å². The smallest absolute Gasteiger partial charge is 0.0721 e. The van der Waals surface area contributed by atoms with Gasteiger partial charge in [0.1, 0.15) is 0 Å². The van der Waals surface area contributed by atoms with Crippen molar-refractivity contribution < 1.29 is 10.2 Å². The van der Waals surface area contributed by atoms with Crippen LogP contribution in [0.25, 0.3) is 0 Å². The Bertz CT molecular complexity index is 431. The lowest BCUT2D eigenvalue weighted by molar-refractivity contribution is 0.139. The number of allylic oxidation sites excluding steroid dienone is 3. The monoisotopic (exact) mass is 304 g/mol. The molecule has 0 saturated heterocycles. The van der Waals surface area contributed by atoms with Crippen molar-refractivity contribution in [1.82, 2.24) is 0 Å². The van der Waals surface area contributed by atoms with Crippen molar-refractivity contribution in [2.75, 3.05) is 0 Å². The molecule has 0 aromatic rings. The molecule has 0 aromatic carbocycles. The van der Waals surface area contributed by atoms with Crippen LogP contribution >= 0.6 is 0 Å². The fourth-order valence-corrected chi connectivity index (χ4v) is 4.08. The van der Waals surface area contributed by atoms with Gasteiger partial charge in [0, 0.05) is 5.92 Å². The van der Waals surface area contributed by atoms with Crippen molar-refractivity contribution >= 4 is 0 Å². The number of hydrogen-bond donors (Lipinski definition) is 2. The summed E-state index contributed by atoms with van der Waals surface area (Å²) < 4.78 is 0. The highest BCUT2D eigenvalue weighted by molar-refractivity contribution is 5.15. The molecule has 0 amide bonds. The van der Waals surface area contributed by atoms with Gasteiger partial charge in [0.15, 0.2) is 0 Å². The molecule has 2 nitrogen and oxygen atoms in total. The Hall–Kier alpha value is -0.860. The van der Waals surface area contributed by atoms with Crippen molar-refractivity contribution in [3.05, 3.63) is 36.0 Å². The highest BCUT2D eigenvalue weighted by Crippen LogP contribution is 2.49. The van der Waals surface area contributed by atoms with E-state index in [1.165, 1.54) is 11.1 Å². The van der Waals surface area contributed by atoms with Crippen LogP contribution in [-0.4, -0.2) is 22.4 Å². The lowest BCUT2D eigenvalue weighted by Gasteiger charge is -2.17. The third-order valence-corrected chi connectivity index (χ3v) is 5.23. The van der Waals surface area contributed by atoms with Gasteiger partial charge in [-0.25, -0.2) is 0 Å². The van der Waals surface area contributed by atoms with Crippen LogP contribution in [0.1, 0.15) is 58.8 Å². The van der Waals surface area contributed by atoms with Gasteiger partial charge in [0.25, 0.3) is 0 Å². The van der Waals surface area contributed by atoms with Crippen molar-refractivity contribution in [2.24, 2.45) is 17.8 Å². The molecule has 2 aliphatic carbocycles. The van der Waals surface area contributed by atoms with Gasteiger partial charge in [-0.05, 0) is 64.2 Å². The summed E-state index contributed by atoms with van der Waals surface area (Å²) in [4.78, 5) is 0. The van der Waals surface area contributed by atoms with Gasteiger partial charge in [0.05, 0.1) is 12.2 Å². The lowest BCUT2D eigenvalue weighted by Crippen LogP contribution is -2.17. The zero-order chi connectivity index (χ0) is 16.1. The fraction of sp³-hybridized carbons (Fsp3) is 0.700. The largest absolute Gasteiger partial charge is 0.392 e. The normalized spacial score (nSPS) is 32.5. The second-order valence-electron chi connectivity index (χ2n) is 7.48. The highest BCUT2D eigenvalue weighted by Gasteiger charge is 2.44. The minimum Gasteiger partial charge on any atom is -0.392 e. The van der Waals surface area contributed by atoms with E-state index in [9.17, 15) is 10.2 Å². The van der Waals surface area contributed by atoms with E-state index in [0.29, 0.717) is 11.8 Å². The molecule has 124 valence electrons.